The first kappa shape index (κ1) is 21.8. The number of carbonyl (C=O) groups is 2. The molecule has 0 aromatic heterocycles. The molecule has 31 heavy (non-hydrogen) atoms. The number of nitrogens with zero attached hydrogens (tertiary/aromatic N) is 2. The minimum atomic E-state index is -0.441. The lowest BCUT2D eigenvalue weighted by molar-refractivity contribution is -0.139. The van der Waals surface area contributed by atoms with Gasteiger partial charge in [-0.15, -0.1) is 0 Å². The van der Waals surface area contributed by atoms with Crippen molar-refractivity contribution in [3.8, 4) is 0 Å². The quantitative estimate of drug-likeness (QED) is 0.766. The Bertz CT molecular complexity index is 962. The third-order valence-corrected chi connectivity index (χ3v) is 6.47. The molecule has 0 radical (unpaired) electrons. The predicted octanol–water partition coefficient (Wildman–Crippen LogP) is 3.71. The first-order valence-electron chi connectivity index (χ1n) is 10.8. The highest BCUT2D eigenvalue weighted by Gasteiger charge is 2.36. The minimum absolute atomic E-state index is 0.0845. The van der Waals surface area contributed by atoms with Crippen molar-refractivity contribution >= 4 is 23.4 Å². The Kier molecular flexibility index (Phi) is 6.88. The van der Waals surface area contributed by atoms with E-state index in [9.17, 15) is 14.0 Å². The molecular formula is C24H27ClFN3O2. The van der Waals surface area contributed by atoms with Crippen LogP contribution < -0.4 is 5.32 Å². The predicted molar refractivity (Wildman–Crippen MR) is 118 cm³/mol. The van der Waals surface area contributed by atoms with E-state index >= 15 is 0 Å². The molecule has 2 aliphatic rings. The van der Waals surface area contributed by atoms with E-state index in [1.165, 1.54) is 17.7 Å². The Hall–Kier alpha value is -2.44. The SMILES string of the molecule is O=C(CN1CCc2ccccc2[C@@H]1C(=O)N1CCCCC1)NCc1ccc(F)cc1Cl. The van der Waals surface area contributed by atoms with Crippen LogP contribution in [0, 0.1) is 5.82 Å². The van der Waals surface area contributed by atoms with Crippen LogP contribution >= 0.6 is 11.6 Å². The molecule has 2 aromatic carbocycles. The van der Waals surface area contributed by atoms with Gasteiger partial charge in [0.25, 0.3) is 0 Å². The number of piperidine rings is 1. The Labute approximate surface area is 187 Å². The zero-order chi connectivity index (χ0) is 21.8. The maximum atomic E-state index is 13.5. The second kappa shape index (κ2) is 9.79. The second-order valence-electron chi connectivity index (χ2n) is 8.22. The summed E-state index contributed by atoms with van der Waals surface area (Å²) in [6, 6.07) is 11.7. The molecule has 0 bridgehead atoms. The average Bonchev–Trinajstić information content (AvgIpc) is 2.78. The van der Waals surface area contributed by atoms with Crippen LogP contribution in [0.25, 0.3) is 0 Å². The summed E-state index contributed by atoms with van der Waals surface area (Å²) in [5.74, 6) is -0.511. The van der Waals surface area contributed by atoms with E-state index in [2.05, 4.69) is 11.4 Å². The summed E-state index contributed by atoms with van der Waals surface area (Å²) in [7, 11) is 0. The van der Waals surface area contributed by atoms with Gasteiger partial charge in [-0.3, -0.25) is 14.5 Å². The van der Waals surface area contributed by atoms with E-state index in [0.717, 1.165) is 44.3 Å². The van der Waals surface area contributed by atoms with Gasteiger partial charge < -0.3 is 10.2 Å². The van der Waals surface area contributed by atoms with Gasteiger partial charge in [0.1, 0.15) is 11.9 Å². The monoisotopic (exact) mass is 443 g/mol. The van der Waals surface area contributed by atoms with Gasteiger partial charge in [0.05, 0.1) is 6.54 Å². The third kappa shape index (κ3) is 5.08. The smallest absolute Gasteiger partial charge is 0.244 e. The maximum absolute atomic E-state index is 13.5. The Morgan fingerprint density at radius 1 is 1.06 bits per heavy atom. The molecule has 5 nitrogen and oxygen atoms in total. The molecule has 4 rings (SSSR count). The zero-order valence-corrected chi connectivity index (χ0v) is 18.2. The fourth-order valence-corrected chi connectivity index (χ4v) is 4.70. The zero-order valence-electron chi connectivity index (χ0n) is 17.4. The van der Waals surface area contributed by atoms with Gasteiger partial charge in [0.2, 0.25) is 11.8 Å². The Balaban J connectivity index is 1.47. The van der Waals surface area contributed by atoms with E-state index in [-0.39, 0.29) is 29.9 Å². The molecule has 1 atom stereocenters. The highest BCUT2D eigenvalue weighted by Crippen LogP contribution is 2.32. The van der Waals surface area contributed by atoms with Gasteiger partial charge >= 0.3 is 0 Å². The van der Waals surface area contributed by atoms with Crippen molar-refractivity contribution < 1.29 is 14.0 Å². The number of benzene rings is 2. The van der Waals surface area contributed by atoms with Crippen LogP contribution in [0.1, 0.15) is 42.0 Å². The van der Waals surface area contributed by atoms with Crippen LogP contribution in [0.3, 0.4) is 0 Å². The molecule has 0 unspecified atom stereocenters. The van der Waals surface area contributed by atoms with Crippen molar-refractivity contribution in [2.24, 2.45) is 0 Å². The van der Waals surface area contributed by atoms with Crippen molar-refractivity contribution in [1.29, 1.82) is 0 Å². The normalized spacial score (nSPS) is 19.0. The molecule has 7 heteroatoms. The summed E-state index contributed by atoms with van der Waals surface area (Å²) < 4.78 is 13.2. The van der Waals surface area contributed by atoms with Gasteiger partial charge in [-0.1, -0.05) is 41.9 Å². The van der Waals surface area contributed by atoms with Gasteiger partial charge in [-0.25, -0.2) is 4.39 Å². The molecule has 2 heterocycles. The van der Waals surface area contributed by atoms with Crippen molar-refractivity contribution in [2.75, 3.05) is 26.2 Å². The number of likely N-dealkylation sites (tertiary alicyclic amines) is 1. The van der Waals surface area contributed by atoms with Gasteiger partial charge in [-0.05, 0) is 54.5 Å². The Morgan fingerprint density at radius 3 is 2.61 bits per heavy atom. The number of hydrogen-bond acceptors (Lipinski definition) is 3. The highest BCUT2D eigenvalue weighted by atomic mass is 35.5. The number of nitrogens with one attached hydrogen (secondary N) is 1. The molecule has 1 fully saturated rings. The average molecular weight is 444 g/mol. The summed E-state index contributed by atoms with van der Waals surface area (Å²) in [5.41, 5.74) is 2.83. The summed E-state index contributed by atoms with van der Waals surface area (Å²) in [5, 5.41) is 3.14. The standard InChI is InChI=1S/C24H27ClFN3O2/c25-21-14-19(26)9-8-18(21)15-27-22(30)16-29-13-10-17-6-2-3-7-20(17)23(29)24(31)28-11-4-1-5-12-28/h2-3,6-9,14,23H,1,4-5,10-13,15-16H2,(H,27,30)/t23-/m1/s1. The number of halogens is 2. The summed E-state index contributed by atoms with van der Waals surface area (Å²) in [6.45, 7) is 2.54. The summed E-state index contributed by atoms with van der Waals surface area (Å²) in [4.78, 5) is 30.1. The highest BCUT2D eigenvalue weighted by molar-refractivity contribution is 6.31. The van der Waals surface area contributed by atoms with E-state index in [1.54, 1.807) is 6.07 Å². The number of fused-ring (bicyclic) bond motifs is 1. The number of carbonyl (C=O) groups excluding carboxylic acids is 2. The van der Waals surface area contributed by atoms with Crippen LogP contribution in [0.4, 0.5) is 4.39 Å². The van der Waals surface area contributed by atoms with Crippen LogP contribution in [0.2, 0.25) is 5.02 Å². The van der Waals surface area contributed by atoms with Crippen LogP contribution in [-0.4, -0.2) is 47.8 Å². The van der Waals surface area contributed by atoms with Crippen molar-refractivity contribution in [3.63, 3.8) is 0 Å². The molecule has 2 aliphatic heterocycles. The van der Waals surface area contributed by atoms with Crippen LogP contribution in [0.5, 0.6) is 0 Å². The number of hydrogen-bond donors (Lipinski definition) is 1. The Morgan fingerprint density at radius 2 is 1.84 bits per heavy atom. The van der Waals surface area contributed by atoms with Crippen molar-refractivity contribution in [1.82, 2.24) is 15.1 Å². The molecule has 0 spiro atoms. The molecule has 2 amide bonds. The molecule has 2 aromatic rings. The molecule has 164 valence electrons. The first-order chi connectivity index (χ1) is 15.0. The lowest BCUT2D eigenvalue weighted by Crippen LogP contribution is -2.50. The first-order valence-corrected chi connectivity index (χ1v) is 11.2. The van der Waals surface area contributed by atoms with E-state index in [0.29, 0.717) is 12.1 Å². The summed E-state index contributed by atoms with van der Waals surface area (Å²) >= 11 is 6.06. The van der Waals surface area contributed by atoms with Gasteiger partial charge in [0, 0.05) is 31.2 Å². The fraction of sp³-hybridized carbons (Fsp3) is 0.417. The van der Waals surface area contributed by atoms with Gasteiger partial charge in [0.15, 0.2) is 0 Å². The largest absolute Gasteiger partial charge is 0.351 e. The topological polar surface area (TPSA) is 52.7 Å². The second-order valence-corrected chi connectivity index (χ2v) is 8.63. The number of rotatable bonds is 5. The van der Waals surface area contributed by atoms with Crippen LogP contribution in [-0.2, 0) is 22.6 Å². The summed E-state index contributed by atoms with van der Waals surface area (Å²) in [6.07, 6.45) is 4.01. The van der Waals surface area contributed by atoms with Crippen LogP contribution in [0.15, 0.2) is 42.5 Å². The lowest BCUT2D eigenvalue weighted by Gasteiger charge is -2.39. The third-order valence-electron chi connectivity index (χ3n) is 6.12. The van der Waals surface area contributed by atoms with Crippen molar-refractivity contribution in [2.45, 2.75) is 38.3 Å². The molecule has 0 aliphatic carbocycles. The molecule has 1 saturated heterocycles. The number of amides is 2. The maximum Gasteiger partial charge on any atom is 0.244 e. The van der Waals surface area contributed by atoms with E-state index in [4.69, 9.17) is 11.6 Å². The van der Waals surface area contributed by atoms with Gasteiger partial charge in [-0.2, -0.15) is 0 Å². The lowest BCUT2D eigenvalue weighted by atomic mass is 9.91. The fourth-order valence-electron chi connectivity index (χ4n) is 4.46. The minimum Gasteiger partial charge on any atom is -0.351 e. The molecular weight excluding hydrogens is 417 g/mol. The van der Waals surface area contributed by atoms with E-state index in [1.807, 2.05) is 28.0 Å². The van der Waals surface area contributed by atoms with E-state index < -0.39 is 11.9 Å². The molecule has 1 N–H and O–H groups in total. The molecule has 0 saturated carbocycles. The van der Waals surface area contributed by atoms with Crippen molar-refractivity contribution in [3.05, 3.63) is 70.0 Å².